The fourth-order valence-corrected chi connectivity index (χ4v) is 4.13. The van der Waals surface area contributed by atoms with Gasteiger partial charge in [-0.15, -0.1) is 0 Å². The highest BCUT2D eigenvalue weighted by molar-refractivity contribution is 6.04. The molecule has 1 aromatic carbocycles. The first kappa shape index (κ1) is 27.9. The lowest BCUT2D eigenvalue weighted by atomic mass is 10.0. The number of benzene rings is 1. The molecule has 2 amide bonds. The van der Waals surface area contributed by atoms with Gasteiger partial charge in [0, 0.05) is 35.6 Å². The van der Waals surface area contributed by atoms with Crippen LogP contribution in [0.3, 0.4) is 0 Å². The lowest BCUT2D eigenvalue weighted by Gasteiger charge is -2.29. The zero-order chi connectivity index (χ0) is 27.1. The van der Waals surface area contributed by atoms with Gasteiger partial charge in [0.2, 0.25) is 0 Å². The summed E-state index contributed by atoms with van der Waals surface area (Å²) in [6, 6.07) is 5.40. The number of pyridine rings is 1. The van der Waals surface area contributed by atoms with Crippen molar-refractivity contribution >= 4 is 23.8 Å². The van der Waals surface area contributed by atoms with Gasteiger partial charge >= 0.3 is 6.03 Å². The number of anilines is 1. The Kier molecular flexibility index (Phi) is 9.44. The van der Waals surface area contributed by atoms with E-state index in [4.69, 9.17) is 14.5 Å². The van der Waals surface area contributed by atoms with Gasteiger partial charge in [-0.25, -0.2) is 19.2 Å². The molecule has 0 radical (unpaired) electrons. The number of aromatic nitrogens is 1. The Bertz CT molecular complexity index is 1210. The number of methoxy groups -OCH3 is 2. The molecule has 37 heavy (non-hydrogen) atoms. The Hall–Kier alpha value is -3.68. The topological polar surface area (TPSA) is 76.1 Å². The number of aryl methyl sites for hydroxylation is 1. The van der Waals surface area contributed by atoms with Gasteiger partial charge < -0.3 is 9.47 Å². The first-order chi connectivity index (χ1) is 17.7. The van der Waals surface area contributed by atoms with E-state index >= 15 is 0 Å². The summed E-state index contributed by atoms with van der Waals surface area (Å²) in [4.78, 5) is 24.0. The average Bonchev–Trinajstić information content (AvgIpc) is 2.89. The van der Waals surface area contributed by atoms with Crippen molar-refractivity contribution in [2.45, 2.75) is 59.8 Å². The quantitative estimate of drug-likeness (QED) is 0.261. The van der Waals surface area contributed by atoms with E-state index in [1.165, 1.54) is 20.3 Å². The molecule has 0 spiro atoms. The van der Waals surface area contributed by atoms with E-state index in [-0.39, 0.29) is 17.7 Å². The molecular formula is C29H37FN4O3. The predicted molar refractivity (Wildman–Crippen MR) is 147 cm³/mol. The maximum absolute atomic E-state index is 14.9. The smallest absolute Gasteiger partial charge is 0.328 e. The van der Waals surface area contributed by atoms with Crippen molar-refractivity contribution in [3.63, 3.8) is 0 Å². The van der Waals surface area contributed by atoms with Crippen molar-refractivity contribution in [3.8, 4) is 11.5 Å². The van der Waals surface area contributed by atoms with Crippen molar-refractivity contribution in [3.05, 3.63) is 64.2 Å². The maximum atomic E-state index is 14.9. The average molecular weight is 509 g/mol. The fraction of sp³-hybridized carbons (Fsp3) is 0.414. The summed E-state index contributed by atoms with van der Waals surface area (Å²) in [6.45, 7) is 10.3. The van der Waals surface area contributed by atoms with Crippen molar-refractivity contribution < 1.29 is 18.7 Å². The second-order valence-electron chi connectivity index (χ2n) is 9.30. The SMILES string of the molecule is CCC(/C=C/c1c(C)c(OC)cc(OC)c1F)=C\N=C(C)NC(=O)N1CCCc2ccc(C(C)C)nc21. The Labute approximate surface area is 219 Å². The molecule has 8 heteroatoms. The molecule has 1 aliphatic rings. The van der Waals surface area contributed by atoms with Crippen LogP contribution in [0.4, 0.5) is 15.0 Å². The Balaban J connectivity index is 1.78. The number of carbonyl (C=O) groups is 1. The van der Waals surface area contributed by atoms with Gasteiger partial charge in [0.15, 0.2) is 11.6 Å². The van der Waals surface area contributed by atoms with Gasteiger partial charge in [0.1, 0.15) is 17.4 Å². The first-order valence-electron chi connectivity index (χ1n) is 12.6. The molecule has 0 unspecified atom stereocenters. The second kappa shape index (κ2) is 12.5. The lowest BCUT2D eigenvalue weighted by molar-refractivity contribution is 0.249. The highest BCUT2D eigenvalue weighted by Gasteiger charge is 2.25. The molecule has 3 rings (SSSR count). The summed E-state index contributed by atoms with van der Waals surface area (Å²) < 4.78 is 25.4. The third kappa shape index (κ3) is 6.56. The van der Waals surface area contributed by atoms with Crippen molar-refractivity contribution in [1.29, 1.82) is 0 Å². The molecule has 0 atom stereocenters. The van der Waals surface area contributed by atoms with Crippen LogP contribution in [-0.2, 0) is 6.42 Å². The van der Waals surface area contributed by atoms with E-state index in [2.05, 4.69) is 30.2 Å². The Morgan fingerprint density at radius 3 is 2.65 bits per heavy atom. The maximum Gasteiger partial charge on any atom is 0.328 e. The fourth-order valence-electron chi connectivity index (χ4n) is 4.13. The van der Waals surface area contributed by atoms with Gasteiger partial charge in [-0.3, -0.25) is 10.2 Å². The molecule has 1 N–H and O–H groups in total. The van der Waals surface area contributed by atoms with Gasteiger partial charge in [0.05, 0.1) is 14.2 Å². The third-order valence-electron chi connectivity index (χ3n) is 6.41. The summed E-state index contributed by atoms with van der Waals surface area (Å²) in [5.41, 5.74) is 3.97. The number of fused-ring (bicyclic) bond motifs is 1. The zero-order valence-electron chi connectivity index (χ0n) is 22.8. The Morgan fingerprint density at radius 2 is 2.00 bits per heavy atom. The molecule has 0 fully saturated rings. The minimum atomic E-state index is -0.449. The highest BCUT2D eigenvalue weighted by atomic mass is 19.1. The number of nitrogens with zero attached hydrogens (tertiary/aromatic N) is 3. The number of rotatable bonds is 7. The number of amides is 2. The molecule has 2 heterocycles. The lowest BCUT2D eigenvalue weighted by Crippen LogP contribution is -2.45. The standard InChI is InChI=1S/C29H37FN4O3/c1-8-21(11-13-23-19(4)25(36-6)16-26(37-7)27(23)30)17-31-20(5)32-29(35)34-15-9-10-22-12-14-24(18(2)3)33-28(22)34/h11-14,16-18H,8-10,15H2,1-7H3,(H,31,32,35)/b13-11+,21-17+. The molecule has 1 aliphatic heterocycles. The van der Waals surface area contributed by atoms with Crippen LogP contribution >= 0.6 is 0 Å². The molecule has 0 saturated heterocycles. The second-order valence-corrected chi connectivity index (χ2v) is 9.30. The normalized spacial score (nSPS) is 14.2. The number of hydrogen-bond donors (Lipinski definition) is 1. The number of aliphatic imine (C=N–C) groups is 1. The highest BCUT2D eigenvalue weighted by Crippen LogP contribution is 2.33. The number of urea groups is 1. The van der Waals surface area contributed by atoms with E-state index in [1.54, 1.807) is 37.1 Å². The van der Waals surface area contributed by atoms with E-state index < -0.39 is 5.82 Å². The van der Waals surface area contributed by atoms with Crippen LogP contribution in [0, 0.1) is 12.7 Å². The van der Waals surface area contributed by atoms with E-state index in [1.807, 2.05) is 13.0 Å². The minimum Gasteiger partial charge on any atom is -0.496 e. The monoisotopic (exact) mass is 508 g/mol. The first-order valence-corrected chi connectivity index (χ1v) is 12.6. The van der Waals surface area contributed by atoms with E-state index in [9.17, 15) is 9.18 Å². The van der Waals surface area contributed by atoms with Crippen LogP contribution in [0.1, 0.15) is 68.8 Å². The predicted octanol–water partition coefficient (Wildman–Crippen LogP) is 6.56. The van der Waals surface area contributed by atoms with Crippen LogP contribution in [0.15, 0.2) is 41.0 Å². The zero-order valence-corrected chi connectivity index (χ0v) is 22.8. The number of nitrogens with one attached hydrogen (secondary N) is 1. The van der Waals surface area contributed by atoms with Crippen LogP contribution in [0.2, 0.25) is 0 Å². The molecule has 0 saturated carbocycles. The molecular weight excluding hydrogens is 471 g/mol. The van der Waals surface area contributed by atoms with E-state index in [0.29, 0.717) is 35.7 Å². The summed E-state index contributed by atoms with van der Waals surface area (Å²) in [5.74, 6) is 1.68. The molecule has 0 bridgehead atoms. The summed E-state index contributed by atoms with van der Waals surface area (Å²) in [7, 11) is 2.96. The molecule has 0 aliphatic carbocycles. The largest absolute Gasteiger partial charge is 0.496 e. The van der Waals surface area contributed by atoms with Crippen LogP contribution < -0.4 is 19.7 Å². The molecule has 7 nitrogen and oxygen atoms in total. The summed E-state index contributed by atoms with van der Waals surface area (Å²) in [6.07, 6.45) is 7.64. The van der Waals surface area contributed by atoms with E-state index in [0.717, 1.165) is 35.5 Å². The van der Waals surface area contributed by atoms with Crippen molar-refractivity contribution in [2.75, 3.05) is 25.7 Å². The number of carbonyl (C=O) groups excluding carboxylic acids is 1. The van der Waals surface area contributed by atoms with Crippen molar-refractivity contribution in [2.24, 2.45) is 4.99 Å². The summed E-state index contributed by atoms with van der Waals surface area (Å²) >= 11 is 0. The number of hydrogen-bond acceptors (Lipinski definition) is 5. The molecule has 198 valence electrons. The van der Waals surface area contributed by atoms with Gasteiger partial charge in [-0.1, -0.05) is 39.0 Å². The number of halogens is 1. The number of amidine groups is 1. The minimum absolute atomic E-state index is 0.120. The van der Waals surface area contributed by atoms with Crippen LogP contribution in [0.5, 0.6) is 11.5 Å². The third-order valence-corrected chi connectivity index (χ3v) is 6.41. The molecule has 1 aromatic heterocycles. The summed E-state index contributed by atoms with van der Waals surface area (Å²) in [5, 5.41) is 2.88. The van der Waals surface area contributed by atoms with Crippen LogP contribution in [0.25, 0.3) is 6.08 Å². The number of ether oxygens (including phenoxy) is 2. The van der Waals surface area contributed by atoms with Gasteiger partial charge in [0.25, 0.3) is 0 Å². The molecule has 2 aromatic rings. The van der Waals surface area contributed by atoms with Crippen molar-refractivity contribution in [1.82, 2.24) is 10.3 Å². The van der Waals surface area contributed by atoms with Crippen LogP contribution in [-0.4, -0.2) is 37.6 Å². The Morgan fingerprint density at radius 1 is 1.27 bits per heavy atom. The van der Waals surface area contributed by atoms with Gasteiger partial charge in [-0.05, 0) is 56.2 Å². The number of allylic oxidation sites excluding steroid dienone is 2. The van der Waals surface area contributed by atoms with Gasteiger partial charge in [-0.2, -0.15) is 0 Å².